The molecule has 0 spiro atoms. The van der Waals surface area contributed by atoms with Crippen molar-refractivity contribution < 1.29 is 19.8 Å². The van der Waals surface area contributed by atoms with E-state index in [1.807, 2.05) is 24.3 Å². The van der Waals surface area contributed by atoms with Crippen molar-refractivity contribution in [2.75, 3.05) is 18.4 Å². The summed E-state index contributed by atoms with van der Waals surface area (Å²) in [7, 11) is 0. The van der Waals surface area contributed by atoms with Crippen molar-refractivity contribution in [3.05, 3.63) is 58.4 Å². The highest BCUT2D eigenvalue weighted by Crippen LogP contribution is 2.43. The Hall–Kier alpha value is -3.46. The third kappa shape index (κ3) is 5.04. The molecule has 0 bridgehead atoms. The molecule has 0 radical (unpaired) electrons. The van der Waals surface area contributed by atoms with Gasteiger partial charge in [0.05, 0.1) is 24.0 Å². The van der Waals surface area contributed by atoms with Gasteiger partial charge in [-0.25, -0.2) is 5.41 Å². The fraction of sp³-hybridized carbons (Fsp3) is 0.375. The summed E-state index contributed by atoms with van der Waals surface area (Å²) in [6, 6.07) is 8.79. The molecular formula is C24H28ClN6O3+. The van der Waals surface area contributed by atoms with Crippen LogP contribution in [0.2, 0.25) is 5.02 Å². The minimum Gasteiger partial charge on any atom is -0.374 e. The maximum absolute atomic E-state index is 13.0. The Labute approximate surface area is 202 Å². The highest BCUT2D eigenvalue weighted by atomic mass is 35.5. The van der Waals surface area contributed by atoms with Gasteiger partial charge in [0.2, 0.25) is 11.8 Å². The molecule has 3 atom stereocenters. The first-order chi connectivity index (χ1) is 16.3. The van der Waals surface area contributed by atoms with E-state index in [1.54, 1.807) is 17.9 Å². The zero-order chi connectivity index (χ0) is 24.4. The topological polar surface area (TPSA) is 143 Å². The van der Waals surface area contributed by atoms with Gasteiger partial charge in [-0.15, -0.1) is 0 Å². The lowest BCUT2D eigenvalue weighted by Gasteiger charge is -2.24. The fourth-order valence-electron chi connectivity index (χ4n) is 4.42. The number of likely N-dealkylation sites (tertiary alicyclic amines) is 1. The highest BCUT2D eigenvalue weighted by Gasteiger charge is 2.43. The average molecular weight is 484 g/mol. The number of hydrogen-bond acceptors (Lipinski definition) is 5. The molecule has 1 aromatic carbocycles. The Morgan fingerprint density at radius 1 is 1.29 bits per heavy atom. The molecule has 1 aromatic heterocycles. The van der Waals surface area contributed by atoms with Crippen LogP contribution in [0.15, 0.2) is 36.5 Å². The van der Waals surface area contributed by atoms with Crippen LogP contribution in [-0.2, 0) is 14.4 Å². The van der Waals surface area contributed by atoms with Gasteiger partial charge in [0.1, 0.15) is 6.04 Å². The average Bonchev–Trinajstić information content (AvgIpc) is 3.37. The predicted octanol–water partition coefficient (Wildman–Crippen LogP) is 0.152. The summed E-state index contributed by atoms with van der Waals surface area (Å²) < 4.78 is 0. The minimum atomic E-state index is -0.758. The van der Waals surface area contributed by atoms with Gasteiger partial charge in [-0.2, -0.15) is 0 Å². The van der Waals surface area contributed by atoms with Crippen LogP contribution in [0, 0.1) is 6.92 Å². The number of amides is 3. The number of nitrogens with two attached hydrogens (primary N) is 2. The van der Waals surface area contributed by atoms with Crippen molar-refractivity contribution in [3.8, 4) is 0 Å². The molecule has 1 unspecified atom stereocenters. The minimum absolute atomic E-state index is 0.0246. The number of primary amides is 1. The molecule has 1 saturated heterocycles. The maximum atomic E-state index is 13.0. The molecule has 9 nitrogen and oxygen atoms in total. The van der Waals surface area contributed by atoms with E-state index in [0.717, 1.165) is 18.4 Å². The molecule has 2 heterocycles. The molecule has 178 valence electrons. The monoisotopic (exact) mass is 483 g/mol. The molecule has 6 N–H and O–H groups in total. The van der Waals surface area contributed by atoms with Gasteiger partial charge in [0.15, 0.2) is 0 Å². The van der Waals surface area contributed by atoms with Gasteiger partial charge >= 0.3 is 5.91 Å². The Bertz CT molecular complexity index is 1150. The van der Waals surface area contributed by atoms with Crippen molar-refractivity contribution in [2.24, 2.45) is 5.73 Å². The largest absolute Gasteiger partial charge is 0.374 e. The molecule has 1 saturated carbocycles. The molecule has 1 aliphatic heterocycles. The number of aryl methyl sites for hydroxylation is 1. The second-order valence-electron chi connectivity index (χ2n) is 8.73. The molecule has 1 aliphatic carbocycles. The van der Waals surface area contributed by atoms with Gasteiger partial charge in [0, 0.05) is 29.2 Å². The van der Waals surface area contributed by atoms with E-state index >= 15 is 0 Å². The molecule has 4 rings (SSSR count). The molecule has 2 aliphatic rings. The Morgan fingerprint density at radius 2 is 2.06 bits per heavy atom. The van der Waals surface area contributed by atoms with E-state index in [1.165, 1.54) is 6.20 Å². The van der Waals surface area contributed by atoms with E-state index in [4.69, 9.17) is 22.7 Å². The van der Waals surface area contributed by atoms with E-state index < -0.39 is 11.9 Å². The van der Waals surface area contributed by atoms with E-state index in [0.29, 0.717) is 34.9 Å². The highest BCUT2D eigenvalue weighted by molar-refractivity contribution is 6.43. The lowest BCUT2D eigenvalue weighted by Crippen LogP contribution is -2.49. The van der Waals surface area contributed by atoms with Crippen LogP contribution in [0.5, 0.6) is 0 Å². The summed E-state index contributed by atoms with van der Waals surface area (Å²) >= 11 is 6.28. The number of carbonyl (C=O) groups is 3. The number of anilines is 1. The summed E-state index contributed by atoms with van der Waals surface area (Å²) in [6.07, 6.45) is 3.70. The van der Waals surface area contributed by atoms with Crippen molar-refractivity contribution in [3.63, 3.8) is 0 Å². The summed E-state index contributed by atoms with van der Waals surface area (Å²) in [6.45, 7) is 2.20. The normalized spacial score (nSPS) is 21.1. The van der Waals surface area contributed by atoms with E-state index in [9.17, 15) is 14.4 Å². The SMILES string of the molecule is Cc1cc(C(=[NH2+])C(N)=O)c(NCC(=O)N2CCC[C@H]2C(=O)NC2C[C@H]2c2ccccc2Cl)cn1. The molecule has 2 aromatic rings. The second-order valence-corrected chi connectivity index (χ2v) is 9.13. The summed E-state index contributed by atoms with van der Waals surface area (Å²) in [5.74, 6) is -0.926. The number of nitrogens with one attached hydrogen (secondary N) is 2. The van der Waals surface area contributed by atoms with Gasteiger partial charge in [-0.1, -0.05) is 29.8 Å². The first-order valence-electron chi connectivity index (χ1n) is 11.2. The van der Waals surface area contributed by atoms with Crippen molar-refractivity contribution in [2.45, 2.75) is 44.2 Å². The summed E-state index contributed by atoms with van der Waals surface area (Å²) in [5, 5.41) is 12.6. The number of rotatable bonds is 8. The molecule has 34 heavy (non-hydrogen) atoms. The summed E-state index contributed by atoms with van der Waals surface area (Å²) in [4.78, 5) is 43.3. The zero-order valence-corrected chi connectivity index (χ0v) is 19.6. The van der Waals surface area contributed by atoms with Gasteiger partial charge in [0.25, 0.3) is 5.71 Å². The lowest BCUT2D eigenvalue weighted by molar-refractivity contribution is -0.137. The quantitative estimate of drug-likeness (QED) is 0.395. The van der Waals surface area contributed by atoms with Crippen molar-refractivity contribution in [1.29, 1.82) is 0 Å². The van der Waals surface area contributed by atoms with Crippen LogP contribution in [0.1, 0.15) is 42.0 Å². The number of aromatic nitrogens is 1. The van der Waals surface area contributed by atoms with Crippen LogP contribution in [0.3, 0.4) is 0 Å². The van der Waals surface area contributed by atoms with Crippen LogP contribution in [0.4, 0.5) is 5.69 Å². The van der Waals surface area contributed by atoms with Crippen LogP contribution in [-0.4, -0.2) is 58.5 Å². The number of hydrogen-bond donors (Lipinski definition) is 4. The van der Waals surface area contributed by atoms with Crippen molar-refractivity contribution >= 4 is 40.7 Å². The third-order valence-electron chi connectivity index (χ3n) is 6.32. The summed E-state index contributed by atoms with van der Waals surface area (Å²) in [5.41, 5.74) is 7.71. The Balaban J connectivity index is 1.36. The lowest BCUT2D eigenvalue weighted by atomic mass is 10.1. The molecule has 3 amide bonds. The smallest absolute Gasteiger partial charge is 0.313 e. The van der Waals surface area contributed by atoms with E-state index in [-0.39, 0.29) is 36.0 Å². The Morgan fingerprint density at radius 3 is 2.79 bits per heavy atom. The number of halogens is 1. The number of nitrogens with zero attached hydrogens (tertiary/aromatic N) is 2. The number of benzene rings is 1. The third-order valence-corrected chi connectivity index (χ3v) is 6.67. The van der Waals surface area contributed by atoms with Crippen LogP contribution >= 0.6 is 11.6 Å². The molecule has 2 fully saturated rings. The standard InChI is InChI=1S/C24H27ClN6O3/c1-13-9-16(22(26)23(27)33)19(11-28-13)29-12-21(32)31-8-4-7-20(31)24(34)30-18-10-15(18)14-5-2-3-6-17(14)25/h2-3,5-6,9,11,15,18,20,26,29H,4,7-8,10,12H2,1H3,(H2,27,33)(H,30,34)/p+1/t15-,18?,20-/m0/s1. The number of pyridine rings is 1. The maximum Gasteiger partial charge on any atom is 0.313 e. The van der Waals surface area contributed by atoms with Crippen LogP contribution < -0.4 is 21.8 Å². The molecular weight excluding hydrogens is 456 g/mol. The second kappa shape index (κ2) is 9.80. The van der Waals surface area contributed by atoms with Crippen molar-refractivity contribution in [1.82, 2.24) is 15.2 Å². The first-order valence-corrected chi connectivity index (χ1v) is 11.6. The van der Waals surface area contributed by atoms with Gasteiger partial charge in [-0.05, 0) is 43.9 Å². The molecule has 10 heteroatoms. The Kier molecular flexibility index (Phi) is 6.83. The number of carbonyl (C=O) groups excluding carboxylic acids is 3. The first kappa shape index (κ1) is 23.7. The fourth-order valence-corrected chi connectivity index (χ4v) is 4.70. The van der Waals surface area contributed by atoms with Gasteiger partial charge in [-0.3, -0.25) is 19.4 Å². The van der Waals surface area contributed by atoms with Gasteiger partial charge < -0.3 is 21.3 Å². The predicted molar refractivity (Wildman–Crippen MR) is 128 cm³/mol. The zero-order valence-electron chi connectivity index (χ0n) is 18.9. The van der Waals surface area contributed by atoms with Crippen LogP contribution in [0.25, 0.3) is 0 Å². The van der Waals surface area contributed by atoms with E-state index in [2.05, 4.69) is 15.6 Å².